The molecule has 0 spiro atoms. The minimum Gasteiger partial charge on any atom is -1.00 e. The van der Waals surface area contributed by atoms with E-state index >= 15 is 0 Å². The van der Waals surface area contributed by atoms with Gasteiger partial charge in [-0.1, -0.05) is 72.8 Å². The minimum absolute atomic E-state index is 0. The summed E-state index contributed by atoms with van der Waals surface area (Å²) < 4.78 is 7.51. The molecule has 1 aliphatic carbocycles. The van der Waals surface area contributed by atoms with Gasteiger partial charge in [0.05, 0.1) is 10.5 Å². The summed E-state index contributed by atoms with van der Waals surface area (Å²) in [4.78, 5) is 12.3. The van der Waals surface area contributed by atoms with Crippen molar-refractivity contribution < 1.29 is 26.6 Å². The molecule has 0 unspecified atom stereocenters. The predicted octanol–water partition coefficient (Wildman–Crippen LogP) is 7.86. The standard InChI is InChI=1S/C15H10S.C14H9NO2S.C6H5.C4H8O.BrH.Mg/c1-2-6-11-10(5-1)9-14-15(11)12-7-3-4-8-13(12)16-14;16-15(17)13-7-3-1-5-10(13)12-9-18-14-8-4-2-6-11(12)14;1-2-4-6-5-3-1;1-2-4-5-3-1;;/h1-8H,9H2;1-9H;1-5H;1-4H2;1H;/q;;-1;;;+2/p-1. The number of halogens is 1. The van der Waals surface area contributed by atoms with Crippen molar-refractivity contribution in [2.24, 2.45) is 0 Å². The molecule has 3 heterocycles. The average molecular weight is 731 g/mol. The van der Waals surface area contributed by atoms with Crippen molar-refractivity contribution in [2.45, 2.75) is 19.3 Å². The van der Waals surface area contributed by atoms with Crippen LogP contribution < -0.4 is 17.0 Å². The second-order valence-electron chi connectivity index (χ2n) is 10.5. The van der Waals surface area contributed by atoms with E-state index in [0.717, 1.165) is 35.3 Å². The van der Waals surface area contributed by atoms with Crippen LogP contribution in [-0.2, 0) is 11.2 Å². The van der Waals surface area contributed by atoms with Crippen molar-refractivity contribution >= 4 is 71.6 Å². The molecule has 0 N–H and O–H groups in total. The molecule has 2 aliphatic rings. The first-order valence-electron chi connectivity index (χ1n) is 15.0. The molecular weight excluding hydrogens is 699 g/mol. The molecule has 2 aromatic heterocycles. The van der Waals surface area contributed by atoms with Gasteiger partial charge in [-0.15, -0.1) is 22.7 Å². The summed E-state index contributed by atoms with van der Waals surface area (Å²) in [5.74, 6) is 0. The second kappa shape index (κ2) is 18.2. The van der Waals surface area contributed by atoms with E-state index in [1.165, 1.54) is 44.5 Å². The maximum absolute atomic E-state index is 11.1. The summed E-state index contributed by atoms with van der Waals surface area (Å²) in [6.45, 7) is 2.00. The van der Waals surface area contributed by atoms with Crippen LogP contribution in [0, 0.1) is 16.2 Å². The number of nitro benzene ring substituents is 1. The molecule has 1 saturated heterocycles. The summed E-state index contributed by atoms with van der Waals surface area (Å²) >= 11 is 3.55. The van der Waals surface area contributed by atoms with Gasteiger partial charge in [-0.05, 0) is 42.2 Å². The van der Waals surface area contributed by atoms with Gasteiger partial charge in [0.25, 0.3) is 5.69 Å². The third kappa shape index (κ3) is 8.96. The molecule has 232 valence electrons. The van der Waals surface area contributed by atoms with Gasteiger partial charge >= 0.3 is 23.1 Å². The Kier molecular flexibility index (Phi) is 14.2. The van der Waals surface area contributed by atoms with E-state index in [-0.39, 0.29) is 50.6 Å². The van der Waals surface area contributed by atoms with Crippen LogP contribution in [0.1, 0.15) is 23.3 Å². The molecule has 1 fully saturated rings. The van der Waals surface area contributed by atoms with Crippen LogP contribution in [0.4, 0.5) is 5.69 Å². The molecule has 0 radical (unpaired) electrons. The van der Waals surface area contributed by atoms with Gasteiger partial charge in [0.2, 0.25) is 0 Å². The fourth-order valence-electron chi connectivity index (χ4n) is 5.51. The first-order chi connectivity index (χ1) is 22.2. The molecule has 1 aliphatic heterocycles. The van der Waals surface area contributed by atoms with Gasteiger partial charge in [0.15, 0.2) is 0 Å². The molecule has 9 rings (SSSR count). The predicted molar refractivity (Wildman–Crippen MR) is 195 cm³/mol. The fraction of sp³-hybridized carbons (Fsp3) is 0.128. The van der Waals surface area contributed by atoms with E-state index in [1.807, 2.05) is 77.4 Å². The number of nitro groups is 1. The van der Waals surface area contributed by atoms with Crippen LogP contribution in [0.5, 0.6) is 0 Å². The molecule has 47 heavy (non-hydrogen) atoms. The van der Waals surface area contributed by atoms with Crippen molar-refractivity contribution in [3.63, 3.8) is 0 Å². The van der Waals surface area contributed by atoms with Crippen LogP contribution in [0.3, 0.4) is 0 Å². The van der Waals surface area contributed by atoms with E-state index in [9.17, 15) is 10.1 Å². The number of nitrogens with zero attached hydrogens (tertiary/aromatic N) is 1. The summed E-state index contributed by atoms with van der Waals surface area (Å²) in [6, 6.07) is 44.8. The Hall–Kier alpha value is -3.37. The molecule has 8 heteroatoms. The Labute approximate surface area is 310 Å². The van der Waals surface area contributed by atoms with Crippen LogP contribution in [-0.4, -0.2) is 41.2 Å². The van der Waals surface area contributed by atoms with Crippen molar-refractivity contribution in [3.8, 4) is 22.3 Å². The van der Waals surface area contributed by atoms with Crippen molar-refractivity contribution in [1.29, 1.82) is 0 Å². The second-order valence-corrected chi connectivity index (χ2v) is 12.6. The van der Waals surface area contributed by atoms with Crippen LogP contribution >= 0.6 is 22.7 Å². The molecular formula is C39H32BrMgNO3S2. The van der Waals surface area contributed by atoms with Gasteiger partial charge in [0, 0.05) is 67.3 Å². The van der Waals surface area contributed by atoms with Gasteiger partial charge in [-0.25, -0.2) is 0 Å². The minimum atomic E-state index is -0.332. The molecule has 0 bridgehead atoms. The summed E-state index contributed by atoms with van der Waals surface area (Å²) in [7, 11) is 0. The SMILES string of the molecule is C1CCOC1.O=[N+]([O-])c1ccccc1-c1csc2ccccc12.[Br-].[Mg+2].[c-]1ccccc1.c1ccc2c(c1)Cc1sc3ccccc3c1-2. The third-order valence-corrected chi connectivity index (χ3v) is 9.75. The summed E-state index contributed by atoms with van der Waals surface area (Å²) in [6.07, 6.45) is 3.67. The van der Waals surface area contributed by atoms with Gasteiger partial charge < -0.3 is 21.7 Å². The van der Waals surface area contributed by atoms with Gasteiger partial charge in [-0.3, -0.25) is 10.1 Å². The fourth-order valence-corrected chi connectivity index (χ4v) is 7.71. The summed E-state index contributed by atoms with van der Waals surface area (Å²) in [5, 5.41) is 15.5. The third-order valence-electron chi connectivity index (χ3n) is 7.61. The van der Waals surface area contributed by atoms with Crippen molar-refractivity contribution in [3.05, 3.63) is 159 Å². The van der Waals surface area contributed by atoms with E-state index in [1.54, 1.807) is 29.5 Å². The van der Waals surface area contributed by atoms with E-state index in [0.29, 0.717) is 5.56 Å². The molecule has 0 amide bonds. The zero-order valence-electron chi connectivity index (χ0n) is 25.8. The van der Waals surface area contributed by atoms with Crippen LogP contribution in [0.2, 0.25) is 0 Å². The Bertz CT molecular complexity index is 1990. The van der Waals surface area contributed by atoms with Crippen molar-refractivity contribution in [2.75, 3.05) is 13.2 Å². The number of rotatable bonds is 2. The largest absolute Gasteiger partial charge is 2.00 e. The number of hydrogen-bond acceptors (Lipinski definition) is 5. The van der Waals surface area contributed by atoms with Gasteiger partial charge in [0.1, 0.15) is 0 Å². The first kappa shape index (κ1) is 36.5. The van der Waals surface area contributed by atoms with Crippen LogP contribution in [0.15, 0.2) is 133 Å². The van der Waals surface area contributed by atoms with E-state index in [2.05, 4.69) is 54.6 Å². The number of hydrogen-bond donors (Lipinski definition) is 0. The molecule has 0 saturated carbocycles. The Morgan fingerprint density at radius 3 is 1.94 bits per heavy atom. The Morgan fingerprint density at radius 2 is 1.30 bits per heavy atom. The maximum atomic E-state index is 11.1. The monoisotopic (exact) mass is 729 g/mol. The molecule has 0 atom stereocenters. The number of benzene rings is 5. The van der Waals surface area contributed by atoms with Crippen molar-refractivity contribution in [1.82, 2.24) is 0 Å². The maximum Gasteiger partial charge on any atom is 2.00 e. The first-order valence-corrected chi connectivity index (χ1v) is 16.7. The normalized spacial score (nSPS) is 12.0. The zero-order valence-corrected chi connectivity index (χ0v) is 30.4. The molecule has 4 nitrogen and oxygen atoms in total. The smallest absolute Gasteiger partial charge is 1.00 e. The number of para-hydroxylation sites is 1. The topological polar surface area (TPSA) is 52.4 Å². The molecule has 7 aromatic rings. The Morgan fingerprint density at radius 1 is 0.681 bits per heavy atom. The van der Waals surface area contributed by atoms with E-state index < -0.39 is 0 Å². The van der Waals surface area contributed by atoms with E-state index in [4.69, 9.17) is 4.74 Å². The summed E-state index contributed by atoms with van der Waals surface area (Å²) in [5.41, 5.74) is 6.17. The number of thiophene rings is 2. The Balaban J connectivity index is 0.000000157. The number of fused-ring (bicyclic) bond motifs is 6. The van der Waals surface area contributed by atoms with Crippen LogP contribution in [0.25, 0.3) is 42.4 Å². The van der Waals surface area contributed by atoms with Gasteiger partial charge in [-0.2, -0.15) is 36.4 Å². The number of ether oxygens (including phenoxy) is 1. The average Bonchev–Trinajstić information content (AvgIpc) is 3.91. The zero-order chi connectivity index (χ0) is 30.8. The quantitative estimate of drug-likeness (QED) is 0.0789. The molecule has 5 aromatic carbocycles.